The molecule has 2 aliphatic heterocycles. The lowest BCUT2D eigenvalue weighted by molar-refractivity contribution is -0.274. The van der Waals surface area contributed by atoms with Gasteiger partial charge in [-0.15, -0.1) is 13.2 Å². The fraction of sp³-hybridized carbons (Fsp3) is 0.385. The van der Waals surface area contributed by atoms with E-state index in [1.165, 1.54) is 28.8 Å². The van der Waals surface area contributed by atoms with Crippen LogP contribution in [-0.2, 0) is 17.7 Å². The number of anilines is 1. The van der Waals surface area contributed by atoms with Crippen LogP contribution in [0.2, 0.25) is 0 Å². The minimum Gasteiger partial charge on any atom is -0.440 e. The zero-order chi connectivity index (χ0) is 26.0. The summed E-state index contributed by atoms with van der Waals surface area (Å²) in [4.78, 5) is 20.2. The number of hydrogen-bond donors (Lipinski definition) is 1. The van der Waals surface area contributed by atoms with Gasteiger partial charge in [0, 0.05) is 56.5 Å². The minimum absolute atomic E-state index is 0.274. The summed E-state index contributed by atoms with van der Waals surface area (Å²) in [6.45, 7) is 6.82. The molecule has 2 aliphatic rings. The number of nitrogens with one attached hydrogen (secondary N) is 1. The van der Waals surface area contributed by atoms with Crippen LogP contribution in [0.25, 0.3) is 11.3 Å². The lowest BCUT2D eigenvalue weighted by Crippen LogP contribution is -2.35. The molecule has 37 heavy (non-hydrogen) atoms. The zero-order valence-electron chi connectivity index (χ0n) is 20.3. The summed E-state index contributed by atoms with van der Waals surface area (Å²) in [5, 5.41) is 2.64. The molecule has 0 saturated carbocycles. The second kappa shape index (κ2) is 10.4. The highest BCUT2D eigenvalue weighted by Crippen LogP contribution is 2.34. The average molecular weight is 517 g/mol. The van der Waals surface area contributed by atoms with E-state index in [2.05, 4.69) is 38.1 Å². The van der Waals surface area contributed by atoms with Gasteiger partial charge in [0.05, 0.1) is 19.4 Å². The highest BCUT2D eigenvalue weighted by atomic mass is 19.4. The number of halogens is 3. The van der Waals surface area contributed by atoms with E-state index < -0.39 is 12.1 Å². The summed E-state index contributed by atoms with van der Waals surface area (Å²) in [6.07, 6.45) is -2.97. The van der Waals surface area contributed by atoms with Gasteiger partial charge in [-0.05, 0) is 35.7 Å². The van der Waals surface area contributed by atoms with Crippen molar-refractivity contribution < 1.29 is 31.9 Å². The van der Waals surface area contributed by atoms with Gasteiger partial charge < -0.3 is 19.2 Å². The van der Waals surface area contributed by atoms with E-state index >= 15 is 0 Å². The Morgan fingerprint density at radius 3 is 2.65 bits per heavy atom. The van der Waals surface area contributed by atoms with Crippen molar-refractivity contribution >= 4 is 11.7 Å². The second-order valence-electron chi connectivity index (χ2n) is 9.09. The van der Waals surface area contributed by atoms with E-state index in [0.717, 1.165) is 44.0 Å². The molecule has 2 saturated heterocycles. The molecule has 3 heterocycles. The quantitative estimate of drug-likeness (QED) is 0.498. The number of alkyl halides is 3. The molecule has 1 aromatic heterocycles. The Bertz CT molecular complexity index is 1270. The highest BCUT2D eigenvalue weighted by molar-refractivity contribution is 5.95. The Morgan fingerprint density at radius 2 is 1.92 bits per heavy atom. The first-order chi connectivity index (χ1) is 17.7. The number of ether oxygens (including phenoxy) is 2. The van der Waals surface area contributed by atoms with E-state index in [0.29, 0.717) is 31.0 Å². The fourth-order valence-corrected chi connectivity index (χ4v) is 4.51. The summed E-state index contributed by atoms with van der Waals surface area (Å²) >= 11 is 0. The van der Waals surface area contributed by atoms with Crippen LogP contribution < -0.4 is 15.0 Å². The highest BCUT2D eigenvalue weighted by Gasteiger charge is 2.32. The maximum absolute atomic E-state index is 13.0. The van der Waals surface area contributed by atoms with Crippen LogP contribution in [0.3, 0.4) is 0 Å². The molecule has 0 atom stereocenters. The van der Waals surface area contributed by atoms with E-state index in [4.69, 9.17) is 9.15 Å². The molecule has 1 N–H and O–H groups in total. The summed E-state index contributed by atoms with van der Waals surface area (Å²) in [7, 11) is 0. The third-order valence-corrected chi connectivity index (χ3v) is 6.40. The van der Waals surface area contributed by atoms with E-state index in [1.807, 2.05) is 6.92 Å². The number of carbonyl (C=O) groups is 1. The Morgan fingerprint density at radius 1 is 1.11 bits per heavy atom. The smallest absolute Gasteiger partial charge is 0.440 e. The predicted molar refractivity (Wildman–Crippen MR) is 129 cm³/mol. The Kier molecular flexibility index (Phi) is 7.07. The maximum Gasteiger partial charge on any atom is 0.573 e. The number of nitrogens with zero attached hydrogens (tertiary/aromatic N) is 3. The number of morpholine rings is 1. The molecule has 2 amide bonds. The van der Waals surface area contributed by atoms with Crippen molar-refractivity contribution in [1.29, 1.82) is 0 Å². The van der Waals surface area contributed by atoms with Crippen molar-refractivity contribution in [2.24, 2.45) is 0 Å². The molecule has 0 spiro atoms. The standard InChI is InChI=1S/C26H27F3N4O4/c1-17-2-3-18(16-32-6-8-35-9-7-32)10-19(17)13-24-31-15-23(36-24)20-11-21(33-5-4-30-25(33)34)14-22(12-20)37-26(27,28)29/h2-3,10-12,14-15H,4-9,13,16H2,1H3,(H,30,34). The molecule has 8 nitrogen and oxygen atoms in total. The van der Waals surface area contributed by atoms with E-state index in [-0.39, 0.29) is 17.5 Å². The summed E-state index contributed by atoms with van der Waals surface area (Å²) in [6, 6.07) is 9.92. The SMILES string of the molecule is Cc1ccc(CN2CCOCC2)cc1Cc1ncc(-c2cc(OC(F)(F)F)cc(N3CCNC3=O)c2)o1. The molecular formula is C26H27F3N4O4. The largest absolute Gasteiger partial charge is 0.573 e. The number of carbonyl (C=O) groups excluding carboxylic acids is 1. The zero-order valence-corrected chi connectivity index (χ0v) is 20.3. The normalized spacial score (nSPS) is 16.8. The number of benzene rings is 2. The predicted octanol–water partition coefficient (Wildman–Crippen LogP) is 4.50. The number of aromatic nitrogens is 1. The van der Waals surface area contributed by atoms with Gasteiger partial charge in [-0.25, -0.2) is 9.78 Å². The monoisotopic (exact) mass is 516 g/mol. The van der Waals surface area contributed by atoms with Crippen molar-refractivity contribution in [3.05, 3.63) is 65.2 Å². The topological polar surface area (TPSA) is 80.1 Å². The van der Waals surface area contributed by atoms with Gasteiger partial charge in [0.15, 0.2) is 11.7 Å². The van der Waals surface area contributed by atoms with Gasteiger partial charge in [0.2, 0.25) is 0 Å². The summed E-state index contributed by atoms with van der Waals surface area (Å²) < 4.78 is 54.4. The number of oxazole rings is 1. The average Bonchev–Trinajstić information content (AvgIpc) is 3.50. The number of aryl methyl sites for hydroxylation is 1. The third-order valence-electron chi connectivity index (χ3n) is 6.40. The van der Waals surface area contributed by atoms with Crippen LogP contribution in [0.15, 0.2) is 47.0 Å². The van der Waals surface area contributed by atoms with Crippen LogP contribution in [0.1, 0.15) is 22.6 Å². The second-order valence-corrected chi connectivity index (χ2v) is 9.09. The van der Waals surface area contributed by atoms with Gasteiger partial charge in [-0.1, -0.05) is 18.2 Å². The van der Waals surface area contributed by atoms with Gasteiger partial charge >= 0.3 is 12.4 Å². The Hall–Kier alpha value is -3.57. The number of amides is 2. The Balaban J connectivity index is 1.38. The van der Waals surface area contributed by atoms with Crippen LogP contribution in [0.4, 0.5) is 23.7 Å². The van der Waals surface area contributed by atoms with Crippen molar-refractivity contribution in [1.82, 2.24) is 15.2 Å². The van der Waals surface area contributed by atoms with Crippen molar-refractivity contribution in [3.8, 4) is 17.1 Å². The van der Waals surface area contributed by atoms with Gasteiger partial charge in [-0.3, -0.25) is 9.80 Å². The minimum atomic E-state index is -4.88. The molecule has 2 fully saturated rings. The van der Waals surface area contributed by atoms with Crippen LogP contribution >= 0.6 is 0 Å². The van der Waals surface area contributed by atoms with E-state index in [1.54, 1.807) is 6.07 Å². The van der Waals surface area contributed by atoms with Crippen molar-refractivity contribution in [2.75, 3.05) is 44.3 Å². The maximum atomic E-state index is 13.0. The van der Waals surface area contributed by atoms with Crippen LogP contribution in [0, 0.1) is 6.92 Å². The molecule has 5 rings (SSSR count). The first kappa shape index (κ1) is 25.1. The third kappa shape index (κ3) is 6.23. The lowest BCUT2D eigenvalue weighted by atomic mass is 10.0. The van der Waals surface area contributed by atoms with Crippen LogP contribution in [-0.4, -0.2) is 61.7 Å². The molecule has 11 heteroatoms. The summed E-state index contributed by atoms with van der Waals surface area (Å²) in [5.74, 6) is 0.277. The van der Waals surface area contributed by atoms with Crippen molar-refractivity contribution in [2.45, 2.75) is 26.3 Å². The van der Waals surface area contributed by atoms with Gasteiger partial charge in [-0.2, -0.15) is 0 Å². The molecular weight excluding hydrogens is 489 g/mol. The van der Waals surface area contributed by atoms with Gasteiger partial charge in [0.25, 0.3) is 0 Å². The Labute approximate surface area is 212 Å². The molecule has 196 valence electrons. The summed E-state index contributed by atoms with van der Waals surface area (Å²) in [5.41, 5.74) is 3.93. The molecule has 0 radical (unpaired) electrons. The molecule has 0 unspecified atom stereocenters. The first-order valence-electron chi connectivity index (χ1n) is 12.0. The molecule has 0 bridgehead atoms. The first-order valence-corrected chi connectivity index (χ1v) is 12.0. The molecule has 0 aliphatic carbocycles. The fourth-order valence-electron chi connectivity index (χ4n) is 4.51. The number of urea groups is 1. The number of rotatable bonds is 7. The number of hydrogen-bond acceptors (Lipinski definition) is 6. The molecule has 2 aromatic carbocycles. The molecule has 3 aromatic rings. The lowest BCUT2D eigenvalue weighted by Gasteiger charge is -2.26. The van der Waals surface area contributed by atoms with Crippen molar-refractivity contribution in [3.63, 3.8) is 0 Å². The van der Waals surface area contributed by atoms with Gasteiger partial charge in [0.1, 0.15) is 5.75 Å². The van der Waals surface area contributed by atoms with Crippen LogP contribution in [0.5, 0.6) is 5.75 Å². The van der Waals surface area contributed by atoms with E-state index in [9.17, 15) is 18.0 Å².